The van der Waals surface area contributed by atoms with Crippen LogP contribution < -0.4 is 5.73 Å². The summed E-state index contributed by atoms with van der Waals surface area (Å²) < 4.78 is 5.24. The zero-order valence-corrected chi connectivity index (χ0v) is 7.23. The van der Waals surface area contributed by atoms with Crippen molar-refractivity contribution >= 4 is 5.69 Å². The Labute approximate surface area is 77.0 Å². The van der Waals surface area contributed by atoms with Gasteiger partial charge in [0.1, 0.15) is 5.76 Å². The van der Waals surface area contributed by atoms with E-state index >= 15 is 0 Å². The summed E-state index contributed by atoms with van der Waals surface area (Å²) in [4.78, 5) is 0. The van der Waals surface area contributed by atoms with Crippen LogP contribution in [0.1, 0.15) is 11.3 Å². The molecule has 0 atom stereocenters. The standard InChI is InChI=1S/C11H11NO/c12-10-4-1-3-9(7-10)8-11-5-2-6-13-11/h1-7H,8,12H2. The molecule has 66 valence electrons. The van der Waals surface area contributed by atoms with E-state index in [0.717, 1.165) is 17.9 Å². The summed E-state index contributed by atoms with van der Waals surface area (Å²) in [5.74, 6) is 0.964. The fourth-order valence-corrected chi connectivity index (χ4v) is 1.32. The van der Waals surface area contributed by atoms with Gasteiger partial charge in [-0.05, 0) is 29.8 Å². The molecule has 13 heavy (non-hydrogen) atoms. The lowest BCUT2D eigenvalue weighted by molar-refractivity contribution is 0.521. The van der Waals surface area contributed by atoms with Crippen LogP contribution in [-0.4, -0.2) is 0 Å². The zero-order chi connectivity index (χ0) is 9.10. The van der Waals surface area contributed by atoms with Crippen molar-refractivity contribution in [2.45, 2.75) is 6.42 Å². The predicted molar refractivity (Wildman–Crippen MR) is 52.4 cm³/mol. The lowest BCUT2D eigenvalue weighted by Gasteiger charge is -1.99. The quantitative estimate of drug-likeness (QED) is 0.708. The van der Waals surface area contributed by atoms with E-state index in [1.54, 1.807) is 6.26 Å². The predicted octanol–water partition coefficient (Wildman–Crippen LogP) is 2.45. The van der Waals surface area contributed by atoms with Crippen LogP contribution >= 0.6 is 0 Å². The van der Waals surface area contributed by atoms with Gasteiger partial charge in [0.05, 0.1) is 6.26 Å². The first-order valence-corrected chi connectivity index (χ1v) is 4.21. The average Bonchev–Trinajstić information content (AvgIpc) is 2.57. The third-order valence-corrected chi connectivity index (χ3v) is 1.91. The number of anilines is 1. The topological polar surface area (TPSA) is 39.2 Å². The van der Waals surface area contributed by atoms with Gasteiger partial charge < -0.3 is 10.2 Å². The number of nitrogens with two attached hydrogens (primary N) is 1. The lowest BCUT2D eigenvalue weighted by Crippen LogP contribution is -1.89. The molecule has 0 aliphatic rings. The van der Waals surface area contributed by atoms with Gasteiger partial charge in [0.15, 0.2) is 0 Å². The Kier molecular flexibility index (Phi) is 2.04. The lowest BCUT2D eigenvalue weighted by atomic mass is 10.1. The maximum Gasteiger partial charge on any atom is 0.108 e. The van der Waals surface area contributed by atoms with Gasteiger partial charge in [-0.3, -0.25) is 0 Å². The molecule has 2 nitrogen and oxygen atoms in total. The molecular formula is C11H11NO. The van der Waals surface area contributed by atoms with Crippen molar-refractivity contribution in [3.05, 3.63) is 54.0 Å². The summed E-state index contributed by atoms with van der Waals surface area (Å²) in [5.41, 5.74) is 7.63. The van der Waals surface area contributed by atoms with E-state index in [-0.39, 0.29) is 0 Å². The van der Waals surface area contributed by atoms with E-state index in [1.165, 1.54) is 5.56 Å². The molecule has 1 aromatic heterocycles. The normalized spacial score (nSPS) is 10.2. The van der Waals surface area contributed by atoms with E-state index in [1.807, 2.05) is 36.4 Å². The minimum atomic E-state index is 0.795. The molecule has 2 heteroatoms. The SMILES string of the molecule is Nc1cccc(Cc2ccco2)c1. The number of benzene rings is 1. The number of rotatable bonds is 2. The van der Waals surface area contributed by atoms with Crippen molar-refractivity contribution in [2.75, 3.05) is 5.73 Å². The van der Waals surface area contributed by atoms with Crippen LogP contribution in [0.2, 0.25) is 0 Å². The van der Waals surface area contributed by atoms with Gasteiger partial charge in [-0.15, -0.1) is 0 Å². The van der Waals surface area contributed by atoms with Crippen LogP contribution in [-0.2, 0) is 6.42 Å². The van der Waals surface area contributed by atoms with Gasteiger partial charge >= 0.3 is 0 Å². The van der Waals surface area contributed by atoms with Crippen molar-refractivity contribution in [2.24, 2.45) is 0 Å². The fraction of sp³-hybridized carbons (Fsp3) is 0.0909. The molecule has 0 bridgehead atoms. The largest absolute Gasteiger partial charge is 0.469 e. The minimum absolute atomic E-state index is 0.795. The smallest absolute Gasteiger partial charge is 0.108 e. The van der Waals surface area contributed by atoms with Crippen molar-refractivity contribution in [3.8, 4) is 0 Å². The molecule has 0 unspecified atom stereocenters. The number of hydrogen-bond donors (Lipinski definition) is 1. The highest BCUT2D eigenvalue weighted by Gasteiger charge is 1.98. The van der Waals surface area contributed by atoms with Crippen LogP contribution in [0.15, 0.2) is 47.1 Å². The molecule has 0 radical (unpaired) electrons. The maximum absolute atomic E-state index is 5.66. The highest BCUT2D eigenvalue weighted by molar-refractivity contribution is 5.41. The van der Waals surface area contributed by atoms with Crippen molar-refractivity contribution < 1.29 is 4.42 Å². The third-order valence-electron chi connectivity index (χ3n) is 1.91. The van der Waals surface area contributed by atoms with E-state index < -0.39 is 0 Å². The monoisotopic (exact) mass is 173 g/mol. The molecule has 0 aliphatic heterocycles. The molecule has 0 fully saturated rings. The Bertz CT molecular complexity index is 379. The molecule has 0 aliphatic carbocycles. The summed E-state index contributed by atoms with van der Waals surface area (Å²) in [5, 5.41) is 0. The first kappa shape index (κ1) is 7.92. The summed E-state index contributed by atoms with van der Waals surface area (Å²) >= 11 is 0. The van der Waals surface area contributed by atoms with Crippen molar-refractivity contribution in [3.63, 3.8) is 0 Å². The molecule has 0 spiro atoms. The van der Waals surface area contributed by atoms with Gasteiger partial charge in [-0.25, -0.2) is 0 Å². The fourth-order valence-electron chi connectivity index (χ4n) is 1.32. The van der Waals surface area contributed by atoms with Crippen molar-refractivity contribution in [1.29, 1.82) is 0 Å². The summed E-state index contributed by atoms with van der Waals surface area (Å²) in [6, 6.07) is 11.7. The van der Waals surface area contributed by atoms with E-state index in [2.05, 4.69) is 0 Å². The van der Waals surface area contributed by atoms with Gasteiger partial charge in [0.2, 0.25) is 0 Å². The highest BCUT2D eigenvalue weighted by atomic mass is 16.3. The molecule has 0 saturated carbocycles. The number of nitrogen functional groups attached to an aromatic ring is 1. The zero-order valence-electron chi connectivity index (χ0n) is 7.23. The van der Waals surface area contributed by atoms with E-state index in [0.29, 0.717) is 0 Å². The Hall–Kier alpha value is -1.70. The van der Waals surface area contributed by atoms with Crippen LogP contribution in [0.25, 0.3) is 0 Å². The number of hydrogen-bond acceptors (Lipinski definition) is 2. The first-order valence-electron chi connectivity index (χ1n) is 4.21. The number of furan rings is 1. The van der Waals surface area contributed by atoms with E-state index in [9.17, 15) is 0 Å². The first-order chi connectivity index (χ1) is 6.34. The summed E-state index contributed by atoms with van der Waals surface area (Å²) in [6.45, 7) is 0. The Morgan fingerprint density at radius 2 is 2.08 bits per heavy atom. The molecule has 0 amide bonds. The van der Waals surface area contributed by atoms with E-state index in [4.69, 9.17) is 10.2 Å². The van der Waals surface area contributed by atoms with Gasteiger partial charge in [0, 0.05) is 12.1 Å². The summed E-state index contributed by atoms with van der Waals surface area (Å²) in [7, 11) is 0. The van der Waals surface area contributed by atoms with Gasteiger partial charge in [0.25, 0.3) is 0 Å². The second-order valence-electron chi connectivity index (χ2n) is 3.00. The summed E-state index contributed by atoms with van der Waals surface area (Å²) in [6.07, 6.45) is 2.49. The van der Waals surface area contributed by atoms with Gasteiger partial charge in [-0.1, -0.05) is 12.1 Å². The molecule has 2 aromatic rings. The second-order valence-corrected chi connectivity index (χ2v) is 3.00. The molecular weight excluding hydrogens is 162 g/mol. The molecule has 2 N–H and O–H groups in total. The Morgan fingerprint density at radius 1 is 1.15 bits per heavy atom. The van der Waals surface area contributed by atoms with Gasteiger partial charge in [-0.2, -0.15) is 0 Å². The van der Waals surface area contributed by atoms with Crippen molar-refractivity contribution in [1.82, 2.24) is 0 Å². The Balaban J connectivity index is 2.19. The highest BCUT2D eigenvalue weighted by Crippen LogP contribution is 2.12. The third kappa shape index (κ3) is 1.90. The molecule has 2 rings (SSSR count). The molecule has 0 saturated heterocycles. The maximum atomic E-state index is 5.66. The van der Waals surface area contributed by atoms with Crippen LogP contribution in [0.4, 0.5) is 5.69 Å². The Morgan fingerprint density at radius 3 is 2.77 bits per heavy atom. The molecule has 1 heterocycles. The van der Waals surface area contributed by atoms with Crippen LogP contribution in [0.3, 0.4) is 0 Å². The second kappa shape index (κ2) is 3.35. The molecule has 1 aromatic carbocycles. The minimum Gasteiger partial charge on any atom is -0.469 e. The van der Waals surface area contributed by atoms with Crippen LogP contribution in [0.5, 0.6) is 0 Å². The van der Waals surface area contributed by atoms with Crippen LogP contribution in [0, 0.1) is 0 Å². The average molecular weight is 173 g/mol.